The van der Waals surface area contributed by atoms with Gasteiger partial charge in [-0.2, -0.15) is 0 Å². The van der Waals surface area contributed by atoms with Crippen LogP contribution in [0.3, 0.4) is 0 Å². The zero-order chi connectivity index (χ0) is 17.3. The number of aliphatic carboxylic acids is 1. The normalized spacial score (nSPS) is 23.0. The summed E-state index contributed by atoms with van der Waals surface area (Å²) in [5, 5.41) is 11.6. The zero-order valence-corrected chi connectivity index (χ0v) is 13.2. The van der Waals surface area contributed by atoms with Crippen LogP contribution in [0.5, 0.6) is 5.75 Å². The minimum absolute atomic E-state index is 0.153. The number of hydrogen-bond acceptors (Lipinski definition) is 5. The minimum atomic E-state index is -0.966. The number of carboxylic acids is 1. The fourth-order valence-electron chi connectivity index (χ4n) is 2.79. The Morgan fingerprint density at radius 2 is 2.21 bits per heavy atom. The number of morpholine rings is 1. The highest BCUT2D eigenvalue weighted by Gasteiger charge is 2.32. The molecule has 2 aliphatic heterocycles. The largest absolute Gasteiger partial charge is 0.481 e. The van der Waals surface area contributed by atoms with Crippen LogP contribution < -0.4 is 10.1 Å². The summed E-state index contributed by atoms with van der Waals surface area (Å²) in [6.07, 6.45) is -1.37. The van der Waals surface area contributed by atoms with Gasteiger partial charge in [-0.1, -0.05) is 6.07 Å². The predicted octanol–water partition coefficient (Wildman–Crippen LogP) is 0.722. The Balaban J connectivity index is 1.82. The van der Waals surface area contributed by atoms with Crippen molar-refractivity contribution in [1.29, 1.82) is 0 Å². The SMILES string of the molecule is C[C@H]1Oc2c(cccc2C(=O)N2CCO[C@@H](CC(=O)O)C2)NC1=O. The molecule has 2 atom stereocenters. The number of ether oxygens (including phenoxy) is 2. The molecule has 0 spiro atoms. The van der Waals surface area contributed by atoms with E-state index >= 15 is 0 Å². The van der Waals surface area contributed by atoms with Crippen molar-refractivity contribution >= 4 is 23.5 Å². The molecule has 2 heterocycles. The molecule has 0 bridgehead atoms. The number of carbonyl (C=O) groups excluding carboxylic acids is 2. The van der Waals surface area contributed by atoms with Gasteiger partial charge in [-0.3, -0.25) is 14.4 Å². The van der Waals surface area contributed by atoms with Crippen molar-refractivity contribution in [2.24, 2.45) is 0 Å². The number of benzene rings is 1. The summed E-state index contributed by atoms with van der Waals surface area (Å²) in [6.45, 7) is 2.47. The molecule has 3 rings (SSSR count). The molecule has 0 aliphatic carbocycles. The summed E-state index contributed by atoms with van der Waals surface area (Å²) in [7, 11) is 0. The maximum Gasteiger partial charge on any atom is 0.306 e. The lowest BCUT2D eigenvalue weighted by molar-refractivity contribution is -0.141. The number of nitrogens with one attached hydrogen (secondary N) is 1. The number of carbonyl (C=O) groups is 3. The number of carboxylic acid groups (broad SMARTS) is 1. The highest BCUT2D eigenvalue weighted by Crippen LogP contribution is 2.34. The Bertz CT molecular complexity index is 689. The van der Waals surface area contributed by atoms with E-state index in [2.05, 4.69) is 5.32 Å². The van der Waals surface area contributed by atoms with Crippen LogP contribution in [0.15, 0.2) is 18.2 Å². The number of anilines is 1. The maximum absolute atomic E-state index is 12.8. The van der Waals surface area contributed by atoms with E-state index in [1.807, 2.05) is 0 Å². The van der Waals surface area contributed by atoms with Gasteiger partial charge >= 0.3 is 5.97 Å². The highest BCUT2D eigenvalue weighted by atomic mass is 16.5. The van der Waals surface area contributed by atoms with Crippen LogP contribution in [0.1, 0.15) is 23.7 Å². The first-order chi connectivity index (χ1) is 11.5. The first kappa shape index (κ1) is 16.3. The molecule has 8 heteroatoms. The summed E-state index contributed by atoms with van der Waals surface area (Å²) >= 11 is 0. The van der Waals surface area contributed by atoms with Gasteiger partial charge < -0.3 is 24.8 Å². The van der Waals surface area contributed by atoms with Crippen molar-refractivity contribution in [2.75, 3.05) is 25.0 Å². The Hall–Kier alpha value is -2.61. The Morgan fingerprint density at radius 3 is 2.96 bits per heavy atom. The topological polar surface area (TPSA) is 105 Å². The molecule has 8 nitrogen and oxygen atoms in total. The molecule has 128 valence electrons. The molecule has 2 aliphatic rings. The molecule has 0 unspecified atom stereocenters. The van der Waals surface area contributed by atoms with Crippen LogP contribution in [-0.4, -0.2) is 59.7 Å². The minimum Gasteiger partial charge on any atom is -0.481 e. The smallest absolute Gasteiger partial charge is 0.306 e. The lowest BCUT2D eigenvalue weighted by Gasteiger charge is -2.33. The van der Waals surface area contributed by atoms with E-state index < -0.39 is 18.2 Å². The summed E-state index contributed by atoms with van der Waals surface area (Å²) < 4.78 is 11.0. The Labute approximate surface area is 138 Å². The molecule has 0 saturated carbocycles. The van der Waals surface area contributed by atoms with Crippen molar-refractivity contribution in [2.45, 2.75) is 25.6 Å². The van der Waals surface area contributed by atoms with Crippen LogP contribution in [0.25, 0.3) is 0 Å². The quantitative estimate of drug-likeness (QED) is 0.844. The molecular formula is C16H18N2O6. The summed E-state index contributed by atoms with van der Waals surface area (Å²) in [4.78, 5) is 36.9. The first-order valence-electron chi connectivity index (χ1n) is 7.69. The van der Waals surface area contributed by atoms with Crippen molar-refractivity contribution in [1.82, 2.24) is 4.90 Å². The van der Waals surface area contributed by atoms with E-state index in [0.717, 1.165) is 0 Å². The van der Waals surface area contributed by atoms with Crippen LogP contribution in [0, 0.1) is 0 Å². The molecule has 24 heavy (non-hydrogen) atoms. The maximum atomic E-state index is 12.8. The highest BCUT2D eigenvalue weighted by molar-refractivity contribution is 6.04. The summed E-state index contributed by atoms with van der Waals surface area (Å²) in [6, 6.07) is 4.97. The third kappa shape index (κ3) is 3.18. The molecule has 1 aromatic carbocycles. The number of rotatable bonds is 3. The van der Waals surface area contributed by atoms with Crippen LogP contribution in [0.4, 0.5) is 5.69 Å². The van der Waals surface area contributed by atoms with Gasteiger partial charge in [0.05, 0.1) is 30.4 Å². The average molecular weight is 334 g/mol. The second-order valence-corrected chi connectivity index (χ2v) is 5.77. The van der Waals surface area contributed by atoms with Gasteiger partial charge in [0.15, 0.2) is 11.9 Å². The third-order valence-electron chi connectivity index (χ3n) is 4.00. The first-order valence-corrected chi connectivity index (χ1v) is 7.69. The Kier molecular flexibility index (Phi) is 4.39. The van der Waals surface area contributed by atoms with E-state index in [4.69, 9.17) is 14.6 Å². The number of para-hydroxylation sites is 1. The van der Waals surface area contributed by atoms with Gasteiger partial charge in [0.25, 0.3) is 11.8 Å². The van der Waals surface area contributed by atoms with Crippen LogP contribution in [0.2, 0.25) is 0 Å². The Morgan fingerprint density at radius 1 is 1.42 bits per heavy atom. The molecule has 0 aromatic heterocycles. The van der Waals surface area contributed by atoms with Gasteiger partial charge in [0, 0.05) is 13.1 Å². The van der Waals surface area contributed by atoms with Gasteiger partial charge in [-0.25, -0.2) is 0 Å². The monoisotopic (exact) mass is 334 g/mol. The standard InChI is InChI=1S/C16H18N2O6/c1-9-15(21)17-12-4-2-3-11(14(12)24-9)16(22)18-5-6-23-10(8-18)7-13(19)20/h2-4,9-10H,5-8H2,1H3,(H,17,21)(H,19,20)/t9-,10+/m1/s1. The van der Waals surface area contributed by atoms with Crippen molar-refractivity contribution in [3.8, 4) is 5.75 Å². The van der Waals surface area contributed by atoms with Crippen molar-refractivity contribution < 1.29 is 29.0 Å². The van der Waals surface area contributed by atoms with Gasteiger partial charge in [0.1, 0.15) is 0 Å². The second kappa shape index (κ2) is 6.48. The molecular weight excluding hydrogens is 316 g/mol. The van der Waals surface area contributed by atoms with Crippen molar-refractivity contribution in [3.05, 3.63) is 23.8 Å². The van der Waals surface area contributed by atoms with Gasteiger partial charge in [0.2, 0.25) is 0 Å². The van der Waals surface area contributed by atoms with Gasteiger partial charge in [-0.05, 0) is 19.1 Å². The number of fused-ring (bicyclic) bond motifs is 1. The van der Waals surface area contributed by atoms with E-state index in [9.17, 15) is 14.4 Å². The molecule has 1 fully saturated rings. The summed E-state index contributed by atoms with van der Waals surface area (Å²) in [5.41, 5.74) is 0.801. The van der Waals surface area contributed by atoms with E-state index in [-0.39, 0.29) is 31.4 Å². The zero-order valence-electron chi connectivity index (χ0n) is 13.2. The van der Waals surface area contributed by atoms with Crippen LogP contribution >= 0.6 is 0 Å². The fourth-order valence-corrected chi connectivity index (χ4v) is 2.79. The predicted molar refractivity (Wildman–Crippen MR) is 83.1 cm³/mol. The second-order valence-electron chi connectivity index (χ2n) is 5.77. The van der Waals surface area contributed by atoms with Gasteiger partial charge in [-0.15, -0.1) is 0 Å². The van der Waals surface area contributed by atoms with E-state index in [0.29, 0.717) is 23.5 Å². The average Bonchev–Trinajstić information content (AvgIpc) is 2.54. The van der Waals surface area contributed by atoms with Crippen LogP contribution in [-0.2, 0) is 14.3 Å². The third-order valence-corrected chi connectivity index (χ3v) is 4.00. The lowest BCUT2D eigenvalue weighted by atomic mass is 10.1. The number of nitrogens with zero attached hydrogens (tertiary/aromatic N) is 1. The molecule has 1 saturated heterocycles. The fraction of sp³-hybridized carbons (Fsp3) is 0.438. The molecule has 2 N–H and O–H groups in total. The van der Waals surface area contributed by atoms with E-state index in [1.165, 1.54) is 0 Å². The molecule has 0 radical (unpaired) electrons. The lowest BCUT2D eigenvalue weighted by Crippen LogP contribution is -2.46. The van der Waals surface area contributed by atoms with E-state index in [1.54, 1.807) is 30.0 Å². The molecule has 1 aromatic rings. The van der Waals surface area contributed by atoms with Crippen molar-refractivity contribution in [3.63, 3.8) is 0 Å². The number of hydrogen-bond donors (Lipinski definition) is 2. The number of amides is 2. The molecule has 2 amide bonds. The summed E-state index contributed by atoms with van der Waals surface area (Å²) in [5.74, 6) is -1.16.